The summed E-state index contributed by atoms with van der Waals surface area (Å²) in [5.74, 6) is 0.217. The lowest BCUT2D eigenvalue weighted by Gasteiger charge is -2.19. The van der Waals surface area contributed by atoms with E-state index in [0.717, 1.165) is 0 Å². The van der Waals surface area contributed by atoms with Gasteiger partial charge in [-0.1, -0.05) is 0 Å². The number of aromatic amines is 1. The summed E-state index contributed by atoms with van der Waals surface area (Å²) in [5, 5.41) is 2.58. The third kappa shape index (κ3) is 3.67. The van der Waals surface area contributed by atoms with E-state index in [1.807, 2.05) is 0 Å². The second-order valence-corrected chi connectivity index (χ2v) is 5.20. The smallest absolute Gasteiger partial charge is 0.408 e. The Balaban J connectivity index is 2.00. The zero-order valence-electron chi connectivity index (χ0n) is 11.1. The molecule has 0 saturated heterocycles. The van der Waals surface area contributed by atoms with Gasteiger partial charge in [0.1, 0.15) is 17.2 Å². The Morgan fingerprint density at radius 3 is 2.89 bits per heavy atom. The van der Waals surface area contributed by atoms with E-state index in [1.165, 1.54) is 12.1 Å². The number of hydrogen-bond donors (Lipinski definition) is 2. The summed E-state index contributed by atoms with van der Waals surface area (Å²) in [6.07, 6.45) is -0.515. The van der Waals surface area contributed by atoms with Gasteiger partial charge >= 0.3 is 6.09 Å². The first-order valence-electron chi connectivity index (χ1n) is 5.94. The van der Waals surface area contributed by atoms with E-state index in [0.29, 0.717) is 16.9 Å². The highest BCUT2D eigenvalue weighted by atomic mass is 19.1. The minimum atomic E-state index is -0.541. The van der Waals surface area contributed by atoms with E-state index in [2.05, 4.69) is 15.3 Å². The molecule has 0 atom stereocenters. The number of alkyl carbamates (subject to hydrolysis) is 1. The van der Waals surface area contributed by atoms with E-state index in [9.17, 15) is 9.18 Å². The molecule has 2 rings (SSSR count). The summed E-state index contributed by atoms with van der Waals surface area (Å²) < 4.78 is 18.1. The number of benzene rings is 1. The maximum atomic E-state index is 13.0. The topological polar surface area (TPSA) is 67.0 Å². The number of ether oxygens (including phenoxy) is 1. The summed E-state index contributed by atoms with van der Waals surface area (Å²) in [4.78, 5) is 18.6. The number of nitrogens with one attached hydrogen (secondary N) is 2. The summed E-state index contributed by atoms with van der Waals surface area (Å²) in [7, 11) is 0. The van der Waals surface area contributed by atoms with Gasteiger partial charge in [-0.05, 0) is 39.0 Å². The highest BCUT2D eigenvalue weighted by Crippen LogP contribution is 2.13. The van der Waals surface area contributed by atoms with Crippen LogP contribution in [0.4, 0.5) is 9.18 Å². The summed E-state index contributed by atoms with van der Waals surface area (Å²) >= 11 is 0. The molecule has 0 spiro atoms. The number of nitrogens with zero attached hydrogens (tertiary/aromatic N) is 1. The Hall–Kier alpha value is -2.11. The molecule has 1 aromatic heterocycles. The van der Waals surface area contributed by atoms with Crippen LogP contribution in [0.5, 0.6) is 0 Å². The number of amides is 1. The minimum absolute atomic E-state index is 0.200. The lowest BCUT2D eigenvalue weighted by Crippen LogP contribution is -2.32. The van der Waals surface area contributed by atoms with Gasteiger partial charge in [-0.15, -0.1) is 0 Å². The quantitative estimate of drug-likeness (QED) is 0.877. The molecular formula is C13H16FN3O2. The monoisotopic (exact) mass is 265 g/mol. The third-order valence-electron chi connectivity index (χ3n) is 2.29. The maximum absolute atomic E-state index is 13.0. The molecule has 0 saturated carbocycles. The Labute approximate surface area is 110 Å². The highest BCUT2D eigenvalue weighted by Gasteiger charge is 2.16. The van der Waals surface area contributed by atoms with Crippen LogP contribution in [-0.2, 0) is 11.3 Å². The molecule has 0 aliphatic carbocycles. The second kappa shape index (κ2) is 4.87. The van der Waals surface area contributed by atoms with Crippen molar-refractivity contribution in [2.24, 2.45) is 0 Å². The average molecular weight is 265 g/mol. The molecule has 0 fully saturated rings. The Bertz CT molecular complexity index is 601. The molecule has 6 heteroatoms. The first kappa shape index (κ1) is 13.3. The molecule has 1 heterocycles. The van der Waals surface area contributed by atoms with E-state index in [1.54, 1.807) is 26.8 Å². The molecule has 1 aromatic carbocycles. The molecule has 2 aromatic rings. The largest absolute Gasteiger partial charge is 0.444 e. The summed E-state index contributed by atoms with van der Waals surface area (Å²) in [5.41, 5.74) is 0.713. The molecular weight excluding hydrogens is 249 g/mol. The molecule has 5 nitrogen and oxygen atoms in total. The lowest BCUT2D eigenvalue weighted by molar-refractivity contribution is 0.0522. The number of aromatic nitrogens is 2. The van der Waals surface area contributed by atoms with Crippen LogP contribution in [0.25, 0.3) is 11.0 Å². The normalized spacial score (nSPS) is 11.6. The van der Waals surface area contributed by atoms with Crippen LogP contribution in [-0.4, -0.2) is 21.7 Å². The Kier molecular flexibility index (Phi) is 3.42. The van der Waals surface area contributed by atoms with Crippen molar-refractivity contribution in [3.8, 4) is 0 Å². The van der Waals surface area contributed by atoms with Gasteiger partial charge in [0.2, 0.25) is 0 Å². The number of hydrogen-bond acceptors (Lipinski definition) is 3. The lowest BCUT2D eigenvalue weighted by atomic mass is 10.2. The predicted octanol–water partition coefficient (Wildman–Crippen LogP) is 2.73. The van der Waals surface area contributed by atoms with E-state index < -0.39 is 11.7 Å². The van der Waals surface area contributed by atoms with Crippen molar-refractivity contribution in [2.45, 2.75) is 32.9 Å². The van der Waals surface area contributed by atoms with Crippen LogP contribution in [0.1, 0.15) is 26.6 Å². The number of rotatable bonds is 2. The fourth-order valence-corrected chi connectivity index (χ4v) is 1.59. The van der Waals surface area contributed by atoms with Crippen molar-refractivity contribution in [1.82, 2.24) is 15.3 Å². The van der Waals surface area contributed by atoms with Crippen molar-refractivity contribution in [3.05, 3.63) is 29.8 Å². The number of fused-ring (bicyclic) bond motifs is 1. The number of carbonyl (C=O) groups is 1. The van der Waals surface area contributed by atoms with Crippen LogP contribution < -0.4 is 5.32 Å². The van der Waals surface area contributed by atoms with Gasteiger partial charge < -0.3 is 15.0 Å². The fourth-order valence-electron chi connectivity index (χ4n) is 1.59. The second-order valence-electron chi connectivity index (χ2n) is 5.20. The van der Waals surface area contributed by atoms with Crippen molar-refractivity contribution in [2.75, 3.05) is 0 Å². The molecule has 0 bridgehead atoms. The van der Waals surface area contributed by atoms with Gasteiger partial charge in [0.15, 0.2) is 0 Å². The molecule has 1 amide bonds. The van der Waals surface area contributed by atoms with E-state index in [4.69, 9.17) is 4.74 Å². The first-order chi connectivity index (χ1) is 8.83. The highest BCUT2D eigenvalue weighted by molar-refractivity contribution is 5.75. The molecule has 19 heavy (non-hydrogen) atoms. The SMILES string of the molecule is CC(C)(C)OC(=O)NCc1nc2ccc(F)cc2[nH]1. The maximum Gasteiger partial charge on any atom is 0.408 e. The van der Waals surface area contributed by atoms with Crippen molar-refractivity contribution in [3.63, 3.8) is 0 Å². The van der Waals surface area contributed by atoms with Crippen LogP contribution in [0, 0.1) is 5.82 Å². The van der Waals surface area contributed by atoms with Crippen molar-refractivity contribution >= 4 is 17.1 Å². The number of H-pyrrole nitrogens is 1. The minimum Gasteiger partial charge on any atom is -0.444 e. The molecule has 0 aliphatic heterocycles. The number of halogens is 1. The van der Waals surface area contributed by atoms with Gasteiger partial charge in [0.05, 0.1) is 17.6 Å². The van der Waals surface area contributed by atoms with E-state index >= 15 is 0 Å². The zero-order valence-corrected chi connectivity index (χ0v) is 11.1. The Morgan fingerprint density at radius 2 is 2.21 bits per heavy atom. The Morgan fingerprint density at radius 1 is 1.47 bits per heavy atom. The van der Waals surface area contributed by atoms with Gasteiger partial charge in [-0.3, -0.25) is 0 Å². The summed E-state index contributed by atoms with van der Waals surface area (Å²) in [6, 6.07) is 4.28. The molecule has 0 aliphatic rings. The van der Waals surface area contributed by atoms with Gasteiger partial charge in [-0.2, -0.15) is 0 Å². The third-order valence-corrected chi connectivity index (χ3v) is 2.29. The van der Waals surface area contributed by atoms with Crippen LogP contribution >= 0.6 is 0 Å². The van der Waals surface area contributed by atoms with Crippen LogP contribution in [0.3, 0.4) is 0 Å². The van der Waals surface area contributed by atoms with Crippen molar-refractivity contribution < 1.29 is 13.9 Å². The number of imidazole rings is 1. The van der Waals surface area contributed by atoms with Gasteiger partial charge in [-0.25, -0.2) is 14.2 Å². The van der Waals surface area contributed by atoms with Crippen molar-refractivity contribution in [1.29, 1.82) is 0 Å². The predicted molar refractivity (Wildman–Crippen MR) is 69.1 cm³/mol. The fraction of sp³-hybridized carbons (Fsp3) is 0.385. The molecule has 2 N–H and O–H groups in total. The first-order valence-corrected chi connectivity index (χ1v) is 5.94. The summed E-state index contributed by atoms with van der Waals surface area (Å²) in [6.45, 7) is 5.56. The number of carbonyl (C=O) groups excluding carboxylic acids is 1. The average Bonchev–Trinajstić information content (AvgIpc) is 2.66. The van der Waals surface area contributed by atoms with E-state index in [-0.39, 0.29) is 12.4 Å². The molecule has 0 radical (unpaired) electrons. The molecule has 0 unspecified atom stereocenters. The van der Waals surface area contributed by atoms with Gasteiger partial charge in [0.25, 0.3) is 0 Å². The zero-order chi connectivity index (χ0) is 14.0. The van der Waals surface area contributed by atoms with Crippen LogP contribution in [0.15, 0.2) is 18.2 Å². The van der Waals surface area contributed by atoms with Crippen LogP contribution in [0.2, 0.25) is 0 Å². The molecule has 102 valence electrons. The van der Waals surface area contributed by atoms with Gasteiger partial charge in [0, 0.05) is 0 Å². The standard InChI is InChI=1S/C13H16FN3O2/c1-13(2,3)19-12(18)15-7-11-16-9-5-4-8(14)6-10(9)17-11/h4-6H,7H2,1-3H3,(H,15,18)(H,16,17).